The van der Waals surface area contributed by atoms with E-state index in [1.807, 2.05) is 19.9 Å². The Labute approximate surface area is 121 Å². The molecule has 0 bridgehead atoms. The first kappa shape index (κ1) is 13.8. The first-order chi connectivity index (χ1) is 10.1. The van der Waals surface area contributed by atoms with Crippen LogP contribution in [0.1, 0.15) is 37.1 Å². The summed E-state index contributed by atoms with van der Waals surface area (Å²) in [4.78, 5) is 0. The van der Waals surface area contributed by atoms with Crippen molar-refractivity contribution in [2.75, 3.05) is 0 Å². The molecular weight excluding hydrogens is 271 g/mol. The molecule has 4 nitrogen and oxygen atoms in total. The summed E-state index contributed by atoms with van der Waals surface area (Å²) in [6, 6.07) is 7.84. The molecular formula is C16H17FN2O2. The zero-order valence-electron chi connectivity index (χ0n) is 12.0. The molecule has 3 rings (SSSR count). The van der Waals surface area contributed by atoms with Crippen LogP contribution in [-0.4, -0.2) is 14.9 Å². The molecule has 0 aliphatic heterocycles. The molecule has 0 spiro atoms. The number of aromatic nitrogens is 2. The maximum absolute atomic E-state index is 13.2. The molecule has 21 heavy (non-hydrogen) atoms. The van der Waals surface area contributed by atoms with Gasteiger partial charge in [0.1, 0.15) is 17.2 Å². The standard InChI is InChI=1S/C16H17FN2O2/c1-3-12-9-13(19(4-2)18-12)16(20)15-8-10-7-11(17)5-6-14(10)21-15/h5-9,16,20H,3-4H2,1-2H3. The molecule has 0 fully saturated rings. The highest BCUT2D eigenvalue weighted by Crippen LogP contribution is 2.29. The van der Waals surface area contributed by atoms with Crippen LogP contribution < -0.4 is 0 Å². The van der Waals surface area contributed by atoms with Gasteiger partial charge < -0.3 is 9.52 Å². The van der Waals surface area contributed by atoms with E-state index in [1.165, 1.54) is 12.1 Å². The summed E-state index contributed by atoms with van der Waals surface area (Å²) >= 11 is 0. The number of hydrogen-bond acceptors (Lipinski definition) is 3. The van der Waals surface area contributed by atoms with Gasteiger partial charge in [0.05, 0.1) is 11.4 Å². The normalized spacial score (nSPS) is 13.0. The van der Waals surface area contributed by atoms with Crippen LogP contribution in [0.4, 0.5) is 4.39 Å². The largest absolute Gasteiger partial charge is 0.458 e. The summed E-state index contributed by atoms with van der Waals surface area (Å²) in [5, 5.41) is 15.6. The minimum absolute atomic E-state index is 0.323. The van der Waals surface area contributed by atoms with Crippen molar-refractivity contribution >= 4 is 11.0 Å². The fourth-order valence-corrected chi connectivity index (χ4v) is 2.45. The summed E-state index contributed by atoms with van der Waals surface area (Å²) in [6.45, 7) is 4.65. The van der Waals surface area contributed by atoms with Gasteiger partial charge in [-0.25, -0.2) is 4.39 Å². The summed E-state index contributed by atoms with van der Waals surface area (Å²) in [5.74, 6) is 0.0732. The Morgan fingerprint density at radius 2 is 2.10 bits per heavy atom. The second-order valence-electron chi connectivity index (χ2n) is 4.96. The van der Waals surface area contributed by atoms with E-state index in [-0.39, 0.29) is 5.82 Å². The lowest BCUT2D eigenvalue weighted by Gasteiger charge is -2.09. The molecule has 1 aromatic carbocycles. The van der Waals surface area contributed by atoms with Gasteiger partial charge in [-0.05, 0) is 43.7 Å². The van der Waals surface area contributed by atoms with Crippen molar-refractivity contribution in [2.45, 2.75) is 32.9 Å². The Bertz CT molecular complexity index is 776. The molecule has 1 unspecified atom stereocenters. The van der Waals surface area contributed by atoms with Crippen LogP contribution in [0.5, 0.6) is 0 Å². The van der Waals surface area contributed by atoms with Crippen molar-refractivity contribution in [1.29, 1.82) is 0 Å². The number of hydrogen-bond donors (Lipinski definition) is 1. The third-order valence-corrected chi connectivity index (χ3v) is 3.57. The minimum atomic E-state index is -0.909. The van der Waals surface area contributed by atoms with Crippen molar-refractivity contribution in [3.63, 3.8) is 0 Å². The number of fused-ring (bicyclic) bond motifs is 1. The van der Waals surface area contributed by atoms with Crippen molar-refractivity contribution in [3.05, 3.63) is 53.3 Å². The van der Waals surface area contributed by atoms with Gasteiger partial charge in [-0.2, -0.15) is 5.10 Å². The number of nitrogens with zero attached hydrogens (tertiary/aromatic N) is 2. The van der Waals surface area contributed by atoms with Gasteiger partial charge in [-0.15, -0.1) is 0 Å². The van der Waals surface area contributed by atoms with Crippen LogP contribution in [0.15, 0.2) is 34.7 Å². The number of aryl methyl sites for hydroxylation is 2. The van der Waals surface area contributed by atoms with Crippen molar-refractivity contribution in [1.82, 2.24) is 9.78 Å². The van der Waals surface area contributed by atoms with Crippen molar-refractivity contribution in [2.24, 2.45) is 0 Å². The van der Waals surface area contributed by atoms with Gasteiger partial charge >= 0.3 is 0 Å². The van der Waals surface area contributed by atoms with Crippen LogP contribution >= 0.6 is 0 Å². The fourth-order valence-electron chi connectivity index (χ4n) is 2.45. The molecule has 2 heterocycles. The lowest BCUT2D eigenvalue weighted by molar-refractivity contribution is 0.181. The number of benzene rings is 1. The molecule has 2 aromatic heterocycles. The summed E-state index contributed by atoms with van der Waals surface area (Å²) in [6.07, 6.45) is -0.105. The quantitative estimate of drug-likeness (QED) is 0.800. The van der Waals surface area contributed by atoms with Gasteiger partial charge in [-0.3, -0.25) is 4.68 Å². The highest BCUT2D eigenvalue weighted by atomic mass is 19.1. The molecule has 0 saturated carbocycles. The van der Waals surface area contributed by atoms with E-state index in [0.29, 0.717) is 29.0 Å². The Morgan fingerprint density at radius 1 is 1.29 bits per heavy atom. The predicted octanol–water partition coefficient (Wildman–Crippen LogP) is 3.43. The third kappa shape index (κ3) is 2.45. The molecule has 0 radical (unpaired) electrons. The smallest absolute Gasteiger partial charge is 0.153 e. The average molecular weight is 288 g/mol. The van der Waals surface area contributed by atoms with E-state index in [9.17, 15) is 9.50 Å². The van der Waals surface area contributed by atoms with E-state index in [2.05, 4.69) is 5.10 Å². The van der Waals surface area contributed by atoms with E-state index < -0.39 is 6.10 Å². The van der Waals surface area contributed by atoms with Gasteiger partial charge in [-0.1, -0.05) is 6.92 Å². The maximum Gasteiger partial charge on any atom is 0.153 e. The number of furan rings is 1. The Kier molecular flexibility index (Phi) is 3.51. The number of rotatable bonds is 4. The lowest BCUT2D eigenvalue weighted by Crippen LogP contribution is -2.08. The predicted molar refractivity (Wildman–Crippen MR) is 77.5 cm³/mol. The van der Waals surface area contributed by atoms with Crippen LogP contribution in [-0.2, 0) is 13.0 Å². The highest BCUT2D eigenvalue weighted by Gasteiger charge is 2.20. The molecule has 0 aliphatic rings. The van der Waals surface area contributed by atoms with E-state index in [4.69, 9.17) is 4.42 Å². The Hall–Kier alpha value is -2.14. The van der Waals surface area contributed by atoms with E-state index in [1.54, 1.807) is 16.8 Å². The molecule has 0 aliphatic carbocycles. The molecule has 1 N–H and O–H groups in total. The van der Waals surface area contributed by atoms with Crippen LogP contribution in [0.2, 0.25) is 0 Å². The Morgan fingerprint density at radius 3 is 2.81 bits per heavy atom. The van der Waals surface area contributed by atoms with Crippen molar-refractivity contribution < 1.29 is 13.9 Å². The SMILES string of the molecule is CCc1cc(C(O)c2cc3cc(F)ccc3o2)n(CC)n1. The van der Waals surface area contributed by atoms with Gasteiger partial charge in [0, 0.05) is 11.9 Å². The molecule has 5 heteroatoms. The monoisotopic (exact) mass is 288 g/mol. The average Bonchev–Trinajstić information content (AvgIpc) is 3.09. The molecule has 3 aromatic rings. The minimum Gasteiger partial charge on any atom is -0.458 e. The summed E-state index contributed by atoms with van der Waals surface area (Å²) < 4.78 is 20.6. The molecule has 0 amide bonds. The topological polar surface area (TPSA) is 51.2 Å². The maximum atomic E-state index is 13.2. The van der Waals surface area contributed by atoms with Crippen LogP contribution in [0, 0.1) is 5.82 Å². The number of halogens is 1. The first-order valence-electron chi connectivity index (χ1n) is 7.06. The number of aliphatic hydroxyl groups is 1. The molecule has 0 saturated heterocycles. The van der Waals surface area contributed by atoms with Gasteiger partial charge in [0.15, 0.2) is 6.10 Å². The molecule has 110 valence electrons. The van der Waals surface area contributed by atoms with Gasteiger partial charge in [0.25, 0.3) is 0 Å². The van der Waals surface area contributed by atoms with Crippen LogP contribution in [0.25, 0.3) is 11.0 Å². The van der Waals surface area contributed by atoms with E-state index in [0.717, 1.165) is 12.1 Å². The van der Waals surface area contributed by atoms with Crippen molar-refractivity contribution in [3.8, 4) is 0 Å². The van der Waals surface area contributed by atoms with Gasteiger partial charge in [0.2, 0.25) is 0 Å². The van der Waals surface area contributed by atoms with Crippen LogP contribution in [0.3, 0.4) is 0 Å². The zero-order chi connectivity index (χ0) is 15.0. The first-order valence-corrected chi connectivity index (χ1v) is 7.06. The number of aliphatic hydroxyl groups excluding tert-OH is 1. The fraction of sp³-hybridized carbons (Fsp3) is 0.312. The summed E-state index contributed by atoms with van der Waals surface area (Å²) in [7, 11) is 0. The lowest BCUT2D eigenvalue weighted by atomic mass is 10.1. The zero-order valence-corrected chi connectivity index (χ0v) is 12.0. The third-order valence-electron chi connectivity index (χ3n) is 3.57. The summed E-state index contributed by atoms with van der Waals surface area (Å²) in [5.41, 5.74) is 2.17. The van der Waals surface area contributed by atoms with E-state index >= 15 is 0 Å². The highest BCUT2D eigenvalue weighted by molar-refractivity contribution is 5.78. The second-order valence-corrected chi connectivity index (χ2v) is 4.96. The molecule has 1 atom stereocenters. The Balaban J connectivity index is 2.03. The second kappa shape index (κ2) is 5.33.